The number of fused-ring (bicyclic) bond motifs is 9. The molecule has 5 heterocycles. The summed E-state index contributed by atoms with van der Waals surface area (Å²) in [6.45, 7) is 0.176. The van der Waals surface area contributed by atoms with Crippen molar-refractivity contribution in [3.05, 3.63) is 140 Å². The number of ether oxygens (including phenoxy) is 1. The van der Waals surface area contributed by atoms with Gasteiger partial charge >= 0.3 is 6.09 Å². The molecule has 51 heavy (non-hydrogen) atoms. The summed E-state index contributed by atoms with van der Waals surface area (Å²) in [6.07, 6.45) is 3.80. The first-order valence-corrected chi connectivity index (χ1v) is 20.7. The van der Waals surface area contributed by atoms with E-state index >= 15 is 0 Å². The van der Waals surface area contributed by atoms with Crippen LogP contribution in [0, 0.1) is 0 Å². The number of benzene rings is 3. The van der Waals surface area contributed by atoms with Crippen molar-refractivity contribution in [3.63, 3.8) is 0 Å². The summed E-state index contributed by atoms with van der Waals surface area (Å²) in [4.78, 5) is 19.4. The van der Waals surface area contributed by atoms with E-state index in [0.717, 1.165) is 107 Å². The van der Waals surface area contributed by atoms with E-state index in [1.807, 2.05) is 78.9 Å². The minimum atomic E-state index is -0.401. The molecule has 8 aromatic rings. The van der Waals surface area contributed by atoms with Crippen molar-refractivity contribution in [2.45, 2.75) is 6.61 Å². The van der Waals surface area contributed by atoms with Crippen LogP contribution >= 0.6 is 94.2 Å². The monoisotopic (exact) mass is 801 g/mol. The highest BCUT2D eigenvalue weighted by molar-refractivity contribution is 7.84. The van der Waals surface area contributed by atoms with Gasteiger partial charge in [-0.05, 0) is 29.8 Å². The second kappa shape index (κ2) is 12.1. The van der Waals surface area contributed by atoms with E-state index in [-0.39, 0.29) is 6.61 Å². The molecule has 3 nitrogen and oxygen atoms in total. The normalized spacial score (nSPS) is 14.1. The highest BCUT2D eigenvalue weighted by Crippen LogP contribution is 2.51. The van der Waals surface area contributed by atoms with Crippen LogP contribution in [0.1, 0.15) is 37.6 Å². The van der Waals surface area contributed by atoms with Crippen molar-refractivity contribution in [1.29, 1.82) is 0 Å². The number of carbonyl (C=O) groups is 1. The molecule has 0 saturated heterocycles. The fraction of sp³-hybridized carbons (Fsp3) is 0.0250. The number of hydrogen-bond donors (Lipinski definition) is 0. The minimum absolute atomic E-state index is 0.176. The van der Waals surface area contributed by atoms with Crippen LogP contribution in [0.2, 0.25) is 0 Å². The Morgan fingerprint density at radius 1 is 0.569 bits per heavy atom. The van der Waals surface area contributed by atoms with Crippen molar-refractivity contribution in [2.24, 2.45) is 0 Å². The molecular weight excluding hydrogens is 783 g/mol. The molecule has 5 aromatic heterocycles. The average molecular weight is 802 g/mol. The zero-order valence-electron chi connectivity index (χ0n) is 26.1. The summed E-state index contributed by atoms with van der Waals surface area (Å²) in [7, 11) is 0. The van der Waals surface area contributed by atoms with Gasteiger partial charge in [0.05, 0.1) is 49.3 Å². The van der Waals surface area contributed by atoms with Gasteiger partial charge in [-0.2, -0.15) is 0 Å². The molecule has 0 fully saturated rings. The first kappa shape index (κ1) is 31.8. The Kier molecular flexibility index (Phi) is 7.53. The van der Waals surface area contributed by atoms with Gasteiger partial charge in [-0.3, -0.25) is 0 Å². The second-order valence-electron chi connectivity index (χ2n) is 12.1. The molecule has 0 radical (unpaired) electrons. The second-order valence-corrected chi connectivity index (χ2v) is 18.0. The lowest BCUT2D eigenvalue weighted by atomic mass is 10.1. The van der Waals surface area contributed by atoms with E-state index in [1.54, 1.807) is 49.9 Å². The molecule has 0 aliphatic heterocycles. The third-order valence-electron chi connectivity index (χ3n) is 9.14. The summed E-state index contributed by atoms with van der Waals surface area (Å²) < 4.78 is 14.3. The summed E-state index contributed by atoms with van der Waals surface area (Å²) >= 11 is 30.2. The fourth-order valence-corrected chi connectivity index (χ4v) is 13.6. The zero-order valence-corrected chi connectivity index (χ0v) is 32.6. The molecule has 3 aromatic carbocycles. The Labute approximate surface area is 328 Å². The van der Waals surface area contributed by atoms with E-state index in [1.165, 1.54) is 0 Å². The van der Waals surface area contributed by atoms with Crippen molar-refractivity contribution >= 4 is 171 Å². The number of thiophene rings is 4. The SMILES string of the molecule is O=C(OCc1ccccc1)n1c2c3sc(C=C4C(=S)c5ccccc5C4=S)cc3sc2c2sc3cc(C=C4C(=S)c5ccccc5C4=S)sc3c21. The molecule has 0 bridgehead atoms. The highest BCUT2D eigenvalue weighted by atomic mass is 32.1. The van der Waals surface area contributed by atoms with E-state index in [4.69, 9.17) is 53.6 Å². The van der Waals surface area contributed by atoms with E-state index in [9.17, 15) is 4.79 Å². The van der Waals surface area contributed by atoms with Gasteiger partial charge in [0.1, 0.15) is 6.61 Å². The van der Waals surface area contributed by atoms with Crippen LogP contribution < -0.4 is 0 Å². The lowest BCUT2D eigenvalue weighted by Gasteiger charge is -2.07. The molecular formula is C40H19NO2S8. The standard InChI is InChI=1S/C40H19NO2S8/c42-40(43-18-19-8-2-1-3-9-19)41-30-36-28(16-20(48-36)14-26-32(44)22-10-4-5-11-23(22)33(26)45)50-38(30)39-31(41)37-29(51-39)17-21(49-37)15-27-34(46)24-12-6-7-13-25(24)35(27)47/h1-17H,18H2. The van der Waals surface area contributed by atoms with Crippen LogP contribution in [-0.4, -0.2) is 30.1 Å². The molecule has 0 unspecified atom stereocenters. The van der Waals surface area contributed by atoms with Gasteiger partial charge in [0.25, 0.3) is 0 Å². The van der Waals surface area contributed by atoms with Crippen LogP contribution in [0.25, 0.3) is 51.4 Å². The smallest absolute Gasteiger partial charge is 0.419 e. The van der Waals surface area contributed by atoms with Crippen LogP contribution in [0.5, 0.6) is 0 Å². The highest BCUT2D eigenvalue weighted by Gasteiger charge is 2.30. The maximum atomic E-state index is 14.3. The van der Waals surface area contributed by atoms with Crippen LogP contribution in [-0.2, 0) is 11.3 Å². The number of thiocarbonyl (C=S) groups is 4. The predicted octanol–water partition coefficient (Wildman–Crippen LogP) is 12.6. The Morgan fingerprint density at radius 2 is 0.980 bits per heavy atom. The molecule has 11 heteroatoms. The Hall–Kier alpha value is -3.91. The number of rotatable bonds is 4. The third-order valence-corrected chi connectivity index (χ3v) is 15.8. The first-order chi connectivity index (χ1) is 24.9. The van der Waals surface area contributed by atoms with Crippen molar-refractivity contribution in [3.8, 4) is 0 Å². The number of allylic oxidation sites excluding steroid dienone is 2. The van der Waals surface area contributed by atoms with Gasteiger partial charge in [0, 0.05) is 52.6 Å². The third kappa shape index (κ3) is 4.91. The van der Waals surface area contributed by atoms with Crippen molar-refractivity contribution in [2.75, 3.05) is 0 Å². The lowest BCUT2D eigenvalue weighted by molar-refractivity contribution is 0.143. The zero-order chi connectivity index (χ0) is 34.5. The van der Waals surface area contributed by atoms with Gasteiger partial charge in [-0.1, -0.05) is 128 Å². The van der Waals surface area contributed by atoms with Gasteiger partial charge in [-0.15, -0.1) is 45.3 Å². The molecule has 0 saturated carbocycles. The Balaban J connectivity index is 1.12. The van der Waals surface area contributed by atoms with Crippen LogP contribution in [0.3, 0.4) is 0 Å². The van der Waals surface area contributed by atoms with Gasteiger partial charge < -0.3 is 4.74 Å². The number of carbonyl (C=O) groups excluding carboxylic acids is 1. The van der Waals surface area contributed by atoms with Gasteiger partial charge in [-0.25, -0.2) is 9.36 Å². The average Bonchev–Trinajstić information content (AvgIpc) is 4.00. The molecule has 2 aliphatic carbocycles. The van der Waals surface area contributed by atoms with Gasteiger partial charge in [0.2, 0.25) is 0 Å². The van der Waals surface area contributed by atoms with Crippen LogP contribution in [0.15, 0.2) is 102 Å². The number of aromatic nitrogens is 1. The van der Waals surface area contributed by atoms with E-state index in [2.05, 4.69) is 24.3 Å². The number of nitrogens with zero attached hydrogens (tertiary/aromatic N) is 1. The Bertz CT molecular complexity index is 2710. The largest absolute Gasteiger partial charge is 0.444 e. The van der Waals surface area contributed by atoms with E-state index in [0.29, 0.717) is 0 Å². The van der Waals surface area contributed by atoms with Crippen LogP contribution in [0.4, 0.5) is 4.79 Å². The molecule has 0 spiro atoms. The first-order valence-electron chi connectivity index (χ1n) is 15.8. The maximum Gasteiger partial charge on any atom is 0.419 e. The van der Waals surface area contributed by atoms with Crippen molar-refractivity contribution in [1.82, 2.24) is 4.57 Å². The quantitative estimate of drug-likeness (QED) is 0.130. The summed E-state index contributed by atoms with van der Waals surface area (Å²) in [5, 5.41) is 0. The minimum Gasteiger partial charge on any atom is -0.444 e. The molecule has 0 atom stereocenters. The topological polar surface area (TPSA) is 31.2 Å². The Morgan fingerprint density at radius 3 is 1.41 bits per heavy atom. The fourth-order valence-electron chi connectivity index (χ4n) is 6.82. The molecule has 244 valence electrons. The lowest BCUT2D eigenvalue weighted by Crippen LogP contribution is -2.13. The summed E-state index contributed by atoms with van der Waals surface area (Å²) in [5.74, 6) is 0. The molecule has 2 aliphatic rings. The molecule has 10 rings (SSSR count). The summed E-state index contributed by atoms with van der Waals surface area (Å²) in [6, 6.07) is 30.2. The van der Waals surface area contributed by atoms with Gasteiger partial charge in [0.15, 0.2) is 0 Å². The number of hydrogen-bond acceptors (Lipinski definition) is 10. The molecule has 0 amide bonds. The summed E-state index contributed by atoms with van der Waals surface area (Å²) in [5.41, 5.74) is 8.53. The predicted molar refractivity (Wildman–Crippen MR) is 234 cm³/mol. The van der Waals surface area contributed by atoms with E-state index < -0.39 is 6.09 Å². The maximum absolute atomic E-state index is 14.3. The molecule has 0 N–H and O–H groups in total. The van der Waals surface area contributed by atoms with Crippen molar-refractivity contribution < 1.29 is 9.53 Å².